The fraction of sp³-hybridized carbons (Fsp3) is 0.150. The number of methoxy groups -OCH3 is 1. The van der Waals surface area contributed by atoms with Crippen LogP contribution in [0.15, 0.2) is 66.7 Å². The minimum Gasteiger partial charge on any atom is -0.497 e. The van der Waals surface area contributed by atoms with E-state index in [2.05, 4.69) is 4.98 Å². The van der Waals surface area contributed by atoms with E-state index in [1.807, 2.05) is 54.6 Å². The van der Waals surface area contributed by atoms with E-state index in [1.54, 1.807) is 19.2 Å². The van der Waals surface area contributed by atoms with E-state index < -0.39 is 0 Å². The van der Waals surface area contributed by atoms with Gasteiger partial charge in [0.1, 0.15) is 29.9 Å². The molecule has 5 heteroatoms. The van der Waals surface area contributed by atoms with Gasteiger partial charge in [-0.2, -0.15) is 0 Å². The summed E-state index contributed by atoms with van der Waals surface area (Å²) < 4.78 is 16.6. The SMILES string of the molecule is COc1ccc(COc2cc(OCc3ccccc3)cc(Cl)n2)cc1. The lowest BCUT2D eigenvalue weighted by Crippen LogP contribution is -2.00. The fourth-order valence-corrected chi connectivity index (χ4v) is 2.42. The van der Waals surface area contributed by atoms with Gasteiger partial charge < -0.3 is 14.2 Å². The zero-order chi connectivity index (χ0) is 17.5. The molecule has 0 fully saturated rings. The highest BCUT2D eigenvalue weighted by Gasteiger charge is 2.05. The third-order valence-electron chi connectivity index (χ3n) is 3.54. The number of benzene rings is 2. The van der Waals surface area contributed by atoms with Crippen molar-refractivity contribution in [3.8, 4) is 17.4 Å². The summed E-state index contributed by atoms with van der Waals surface area (Å²) in [6.07, 6.45) is 0. The molecular formula is C20H18ClNO3. The lowest BCUT2D eigenvalue weighted by Gasteiger charge is -2.10. The van der Waals surface area contributed by atoms with Crippen LogP contribution in [-0.2, 0) is 13.2 Å². The first-order valence-corrected chi connectivity index (χ1v) is 8.21. The van der Waals surface area contributed by atoms with Crippen LogP contribution in [0.3, 0.4) is 0 Å². The van der Waals surface area contributed by atoms with Crippen LogP contribution in [0.2, 0.25) is 5.15 Å². The maximum absolute atomic E-state index is 6.07. The van der Waals surface area contributed by atoms with Gasteiger partial charge in [0.05, 0.1) is 7.11 Å². The first-order chi connectivity index (χ1) is 12.2. The Bertz CT molecular complexity index is 807. The van der Waals surface area contributed by atoms with Crippen LogP contribution < -0.4 is 14.2 Å². The summed E-state index contributed by atoms with van der Waals surface area (Å²) in [5.41, 5.74) is 2.09. The van der Waals surface area contributed by atoms with E-state index in [1.165, 1.54) is 0 Å². The maximum atomic E-state index is 6.07. The molecule has 0 unspecified atom stereocenters. The second-order valence-electron chi connectivity index (χ2n) is 5.37. The number of aromatic nitrogens is 1. The maximum Gasteiger partial charge on any atom is 0.218 e. The second kappa shape index (κ2) is 8.40. The zero-order valence-corrected chi connectivity index (χ0v) is 14.6. The summed E-state index contributed by atoms with van der Waals surface area (Å²) in [7, 11) is 1.64. The Labute approximate surface area is 152 Å². The van der Waals surface area contributed by atoms with Gasteiger partial charge in [0.2, 0.25) is 5.88 Å². The fourth-order valence-electron chi connectivity index (χ4n) is 2.23. The first kappa shape index (κ1) is 17.1. The van der Waals surface area contributed by atoms with Crippen molar-refractivity contribution in [2.75, 3.05) is 7.11 Å². The predicted octanol–water partition coefficient (Wildman–Crippen LogP) is 4.90. The van der Waals surface area contributed by atoms with Crippen molar-refractivity contribution in [1.82, 2.24) is 4.98 Å². The largest absolute Gasteiger partial charge is 0.497 e. The number of nitrogens with zero attached hydrogens (tertiary/aromatic N) is 1. The molecule has 0 aliphatic heterocycles. The highest BCUT2D eigenvalue weighted by molar-refractivity contribution is 6.29. The molecule has 0 spiro atoms. The summed E-state index contributed by atoms with van der Waals surface area (Å²) in [6, 6.07) is 21.0. The van der Waals surface area contributed by atoms with Gasteiger partial charge in [0, 0.05) is 12.1 Å². The molecule has 25 heavy (non-hydrogen) atoms. The second-order valence-corrected chi connectivity index (χ2v) is 5.76. The summed E-state index contributed by atoms with van der Waals surface area (Å²) in [5, 5.41) is 0.329. The molecule has 3 aromatic rings. The Hall–Kier alpha value is -2.72. The number of pyridine rings is 1. The Balaban J connectivity index is 1.62. The van der Waals surface area contributed by atoms with Crippen LogP contribution in [0.25, 0.3) is 0 Å². The Morgan fingerprint density at radius 2 is 1.48 bits per heavy atom. The van der Waals surface area contributed by atoms with Crippen LogP contribution in [0.4, 0.5) is 0 Å². The van der Waals surface area contributed by atoms with Crippen LogP contribution in [-0.4, -0.2) is 12.1 Å². The molecule has 128 valence electrons. The van der Waals surface area contributed by atoms with E-state index >= 15 is 0 Å². The van der Waals surface area contributed by atoms with Gasteiger partial charge >= 0.3 is 0 Å². The van der Waals surface area contributed by atoms with Gasteiger partial charge in [-0.25, -0.2) is 4.98 Å². The van der Waals surface area contributed by atoms with Crippen molar-refractivity contribution >= 4 is 11.6 Å². The molecule has 1 heterocycles. The van der Waals surface area contributed by atoms with Gasteiger partial charge in [-0.05, 0) is 23.3 Å². The topological polar surface area (TPSA) is 40.6 Å². The highest BCUT2D eigenvalue weighted by atomic mass is 35.5. The van der Waals surface area contributed by atoms with Crippen molar-refractivity contribution in [2.45, 2.75) is 13.2 Å². The number of hydrogen-bond acceptors (Lipinski definition) is 4. The average molecular weight is 356 g/mol. The summed E-state index contributed by atoms with van der Waals surface area (Å²) in [4.78, 5) is 4.18. The average Bonchev–Trinajstić information content (AvgIpc) is 2.66. The van der Waals surface area contributed by atoms with E-state index in [4.69, 9.17) is 25.8 Å². The van der Waals surface area contributed by atoms with E-state index in [0.717, 1.165) is 16.9 Å². The van der Waals surface area contributed by atoms with Crippen LogP contribution >= 0.6 is 11.6 Å². The third kappa shape index (κ3) is 5.13. The molecule has 0 radical (unpaired) electrons. The summed E-state index contributed by atoms with van der Waals surface area (Å²) in [5.74, 6) is 1.85. The molecule has 4 nitrogen and oxygen atoms in total. The molecule has 3 rings (SSSR count). The van der Waals surface area contributed by atoms with Crippen LogP contribution in [0.5, 0.6) is 17.4 Å². The Morgan fingerprint density at radius 1 is 0.800 bits per heavy atom. The molecule has 0 saturated carbocycles. The molecule has 0 N–H and O–H groups in total. The summed E-state index contributed by atoms with van der Waals surface area (Å²) in [6.45, 7) is 0.842. The molecule has 2 aromatic carbocycles. The van der Waals surface area contributed by atoms with Gasteiger partial charge in [-0.1, -0.05) is 54.1 Å². The first-order valence-electron chi connectivity index (χ1n) is 7.83. The van der Waals surface area contributed by atoms with Gasteiger partial charge in [-0.3, -0.25) is 0 Å². The van der Waals surface area contributed by atoms with E-state index in [-0.39, 0.29) is 0 Å². The van der Waals surface area contributed by atoms with Crippen molar-refractivity contribution in [3.63, 3.8) is 0 Å². The third-order valence-corrected chi connectivity index (χ3v) is 3.73. The van der Waals surface area contributed by atoms with Crippen LogP contribution in [0, 0.1) is 0 Å². The molecular weight excluding hydrogens is 338 g/mol. The monoisotopic (exact) mass is 355 g/mol. The highest BCUT2D eigenvalue weighted by Crippen LogP contribution is 2.24. The van der Waals surface area contributed by atoms with Crippen molar-refractivity contribution in [1.29, 1.82) is 0 Å². The minimum absolute atomic E-state index is 0.329. The predicted molar refractivity (Wildman–Crippen MR) is 97.3 cm³/mol. The molecule has 0 amide bonds. The summed E-state index contributed by atoms with van der Waals surface area (Å²) >= 11 is 6.07. The quantitative estimate of drug-likeness (QED) is 0.565. The van der Waals surface area contributed by atoms with Gasteiger partial charge in [0.15, 0.2) is 0 Å². The van der Waals surface area contributed by atoms with E-state index in [0.29, 0.717) is 30.0 Å². The standard InChI is InChI=1S/C20H18ClNO3/c1-23-17-9-7-16(8-10-17)14-25-20-12-18(11-19(21)22-20)24-13-15-5-3-2-4-6-15/h2-12H,13-14H2,1H3. The molecule has 0 aliphatic carbocycles. The number of halogens is 1. The number of rotatable bonds is 7. The molecule has 0 aliphatic rings. The van der Waals surface area contributed by atoms with Crippen molar-refractivity contribution in [3.05, 3.63) is 83.0 Å². The molecule has 0 saturated heterocycles. The zero-order valence-electron chi connectivity index (χ0n) is 13.8. The number of ether oxygens (including phenoxy) is 3. The lowest BCUT2D eigenvalue weighted by molar-refractivity contribution is 0.281. The molecule has 0 bridgehead atoms. The Kier molecular flexibility index (Phi) is 5.75. The van der Waals surface area contributed by atoms with Crippen molar-refractivity contribution < 1.29 is 14.2 Å². The van der Waals surface area contributed by atoms with Crippen molar-refractivity contribution in [2.24, 2.45) is 0 Å². The minimum atomic E-state index is 0.329. The smallest absolute Gasteiger partial charge is 0.218 e. The normalized spacial score (nSPS) is 10.3. The molecule has 1 aromatic heterocycles. The number of hydrogen-bond donors (Lipinski definition) is 0. The lowest BCUT2D eigenvalue weighted by atomic mass is 10.2. The molecule has 0 atom stereocenters. The van der Waals surface area contributed by atoms with Crippen LogP contribution in [0.1, 0.15) is 11.1 Å². The van der Waals surface area contributed by atoms with Gasteiger partial charge in [-0.15, -0.1) is 0 Å². The Morgan fingerprint density at radius 3 is 2.20 bits per heavy atom. The van der Waals surface area contributed by atoms with Gasteiger partial charge in [0.25, 0.3) is 0 Å². The van der Waals surface area contributed by atoms with E-state index in [9.17, 15) is 0 Å².